The maximum absolute atomic E-state index is 11.2. The van der Waals surface area contributed by atoms with Crippen molar-refractivity contribution in [3.8, 4) is 0 Å². The van der Waals surface area contributed by atoms with E-state index in [2.05, 4.69) is 4.18 Å². The molecule has 1 heterocycles. The molecule has 0 fully saturated rings. The molecule has 0 spiro atoms. The molecule has 0 amide bonds. The number of carbonyl (C=O) groups is 1. The van der Waals surface area contributed by atoms with E-state index in [1.165, 1.54) is 0 Å². The van der Waals surface area contributed by atoms with Crippen molar-refractivity contribution in [2.45, 2.75) is 13.0 Å². The number of rotatable bonds is 4. The molecule has 0 aromatic heterocycles. The number of fused-ring (bicyclic) bond motifs is 1. The predicted octanol–water partition coefficient (Wildman–Crippen LogP) is 0.876. The van der Waals surface area contributed by atoms with Crippen molar-refractivity contribution < 1.29 is 22.1 Å². The lowest BCUT2D eigenvalue weighted by atomic mass is 10.0. The van der Waals surface area contributed by atoms with Gasteiger partial charge in [0.05, 0.1) is 18.4 Å². The van der Waals surface area contributed by atoms with Crippen molar-refractivity contribution in [2.24, 2.45) is 0 Å². The summed E-state index contributed by atoms with van der Waals surface area (Å²) in [5.41, 5.74) is 2.34. The minimum absolute atomic E-state index is 0.104. The van der Waals surface area contributed by atoms with Gasteiger partial charge in [0.15, 0.2) is 0 Å². The third-order valence-corrected chi connectivity index (χ3v) is 3.03. The number of benzene rings is 1. The van der Waals surface area contributed by atoms with Crippen LogP contribution in [0.2, 0.25) is 0 Å². The Bertz CT molecular complexity index is 547. The van der Waals surface area contributed by atoms with E-state index in [4.69, 9.17) is 4.74 Å². The topological polar surface area (TPSA) is 69.7 Å². The van der Waals surface area contributed by atoms with Crippen LogP contribution in [0.25, 0.3) is 0 Å². The molecule has 0 bridgehead atoms. The van der Waals surface area contributed by atoms with Crippen molar-refractivity contribution in [3.05, 3.63) is 34.9 Å². The summed E-state index contributed by atoms with van der Waals surface area (Å²) in [5.74, 6) is -0.307. The molecular formula is C11H12O5S. The number of hydrogen-bond acceptors (Lipinski definition) is 5. The van der Waals surface area contributed by atoms with Crippen molar-refractivity contribution in [3.63, 3.8) is 0 Å². The third kappa shape index (κ3) is 3.04. The maximum Gasteiger partial charge on any atom is 0.338 e. The smallest absolute Gasteiger partial charge is 0.338 e. The van der Waals surface area contributed by atoms with Gasteiger partial charge in [-0.05, 0) is 18.1 Å². The van der Waals surface area contributed by atoms with Crippen LogP contribution in [-0.4, -0.2) is 27.2 Å². The summed E-state index contributed by atoms with van der Waals surface area (Å²) < 4.78 is 31.0. The molecule has 1 aromatic rings. The van der Waals surface area contributed by atoms with E-state index >= 15 is 0 Å². The van der Waals surface area contributed by atoms with E-state index in [9.17, 15) is 13.2 Å². The summed E-state index contributed by atoms with van der Waals surface area (Å²) in [6.07, 6.45) is 1.50. The van der Waals surface area contributed by atoms with Crippen LogP contribution in [0.1, 0.15) is 21.5 Å². The van der Waals surface area contributed by atoms with Gasteiger partial charge < -0.3 is 4.74 Å². The first kappa shape index (κ1) is 12.1. The van der Waals surface area contributed by atoms with Gasteiger partial charge in [0.1, 0.15) is 6.61 Å². The molecule has 0 saturated carbocycles. The quantitative estimate of drug-likeness (QED) is 0.590. The Labute approximate surface area is 99.5 Å². The fourth-order valence-electron chi connectivity index (χ4n) is 1.65. The molecule has 5 nitrogen and oxygen atoms in total. The van der Waals surface area contributed by atoms with Crippen LogP contribution in [0.15, 0.2) is 18.2 Å². The zero-order valence-electron chi connectivity index (χ0n) is 9.30. The summed E-state index contributed by atoms with van der Waals surface area (Å²) >= 11 is 0. The highest BCUT2D eigenvalue weighted by Gasteiger charge is 2.20. The van der Waals surface area contributed by atoms with Gasteiger partial charge in [0.25, 0.3) is 10.1 Å². The second-order valence-electron chi connectivity index (χ2n) is 3.84. The molecule has 1 aliphatic rings. The SMILES string of the molecule is CS(=O)(=O)OCCc1ccc2c(c1)COC2=O. The van der Waals surface area contributed by atoms with Gasteiger partial charge in [-0.2, -0.15) is 8.42 Å². The largest absolute Gasteiger partial charge is 0.457 e. The summed E-state index contributed by atoms with van der Waals surface area (Å²) in [4.78, 5) is 11.2. The number of hydrogen-bond donors (Lipinski definition) is 0. The van der Waals surface area contributed by atoms with Gasteiger partial charge in [-0.1, -0.05) is 12.1 Å². The van der Waals surface area contributed by atoms with Gasteiger partial charge in [-0.25, -0.2) is 4.79 Å². The molecule has 0 radical (unpaired) electrons. The average Bonchev–Trinajstić information content (AvgIpc) is 2.58. The maximum atomic E-state index is 11.2. The minimum Gasteiger partial charge on any atom is -0.457 e. The Morgan fingerprint density at radius 2 is 2.18 bits per heavy atom. The zero-order valence-corrected chi connectivity index (χ0v) is 10.1. The van der Waals surface area contributed by atoms with Crippen LogP contribution in [0.4, 0.5) is 0 Å². The lowest BCUT2D eigenvalue weighted by Gasteiger charge is -2.03. The molecule has 0 N–H and O–H groups in total. The van der Waals surface area contributed by atoms with E-state index < -0.39 is 10.1 Å². The Hall–Kier alpha value is -1.40. The predicted molar refractivity (Wildman–Crippen MR) is 60.1 cm³/mol. The van der Waals surface area contributed by atoms with E-state index in [0.29, 0.717) is 12.0 Å². The number of ether oxygens (including phenoxy) is 1. The highest BCUT2D eigenvalue weighted by atomic mass is 32.2. The first-order valence-electron chi connectivity index (χ1n) is 5.09. The Kier molecular flexibility index (Phi) is 3.17. The normalized spacial score (nSPS) is 14.5. The molecule has 92 valence electrons. The average molecular weight is 256 g/mol. The minimum atomic E-state index is -3.39. The molecule has 0 atom stereocenters. The lowest BCUT2D eigenvalue weighted by molar-refractivity contribution is 0.0535. The molecule has 6 heteroatoms. The second-order valence-corrected chi connectivity index (χ2v) is 5.49. The first-order chi connectivity index (χ1) is 7.96. The highest BCUT2D eigenvalue weighted by Crippen LogP contribution is 2.21. The number of carbonyl (C=O) groups excluding carboxylic acids is 1. The van der Waals surface area contributed by atoms with E-state index in [1.807, 2.05) is 6.07 Å². The van der Waals surface area contributed by atoms with E-state index in [1.54, 1.807) is 12.1 Å². The second kappa shape index (κ2) is 4.46. The summed E-state index contributed by atoms with van der Waals surface area (Å²) in [5, 5.41) is 0. The molecule has 1 aromatic carbocycles. The van der Waals surface area contributed by atoms with Crippen LogP contribution in [0.5, 0.6) is 0 Å². The van der Waals surface area contributed by atoms with Gasteiger partial charge in [0.2, 0.25) is 0 Å². The first-order valence-corrected chi connectivity index (χ1v) is 6.91. The van der Waals surface area contributed by atoms with Gasteiger partial charge in [-0.3, -0.25) is 4.18 Å². The van der Waals surface area contributed by atoms with Crippen molar-refractivity contribution in [1.82, 2.24) is 0 Å². The Morgan fingerprint density at radius 3 is 2.88 bits per heavy atom. The van der Waals surface area contributed by atoms with Crippen LogP contribution >= 0.6 is 0 Å². The monoisotopic (exact) mass is 256 g/mol. The van der Waals surface area contributed by atoms with Crippen molar-refractivity contribution in [2.75, 3.05) is 12.9 Å². The van der Waals surface area contributed by atoms with Gasteiger partial charge in [0, 0.05) is 5.56 Å². The van der Waals surface area contributed by atoms with Crippen LogP contribution in [-0.2, 0) is 32.1 Å². The summed E-state index contributed by atoms with van der Waals surface area (Å²) in [6, 6.07) is 5.31. The summed E-state index contributed by atoms with van der Waals surface area (Å²) in [7, 11) is -3.39. The third-order valence-electron chi connectivity index (χ3n) is 2.44. The highest BCUT2D eigenvalue weighted by molar-refractivity contribution is 7.85. The molecule has 0 unspecified atom stereocenters. The lowest BCUT2D eigenvalue weighted by Crippen LogP contribution is -2.06. The fraction of sp³-hybridized carbons (Fsp3) is 0.364. The molecule has 17 heavy (non-hydrogen) atoms. The van der Waals surface area contributed by atoms with E-state index in [-0.39, 0.29) is 19.2 Å². The van der Waals surface area contributed by atoms with Crippen molar-refractivity contribution in [1.29, 1.82) is 0 Å². The van der Waals surface area contributed by atoms with Gasteiger partial charge >= 0.3 is 5.97 Å². The van der Waals surface area contributed by atoms with Crippen LogP contribution < -0.4 is 0 Å². The van der Waals surface area contributed by atoms with Gasteiger partial charge in [-0.15, -0.1) is 0 Å². The summed E-state index contributed by atoms with van der Waals surface area (Å²) in [6.45, 7) is 0.390. The number of cyclic esters (lactones) is 1. The number of esters is 1. The molecule has 0 saturated heterocycles. The fourth-order valence-corrected chi connectivity index (χ4v) is 2.04. The molecule has 0 aliphatic carbocycles. The van der Waals surface area contributed by atoms with Crippen molar-refractivity contribution >= 4 is 16.1 Å². The molecular weight excluding hydrogens is 244 g/mol. The zero-order chi connectivity index (χ0) is 12.5. The van der Waals surface area contributed by atoms with E-state index in [0.717, 1.165) is 17.4 Å². The Balaban J connectivity index is 2.02. The molecule has 1 aliphatic heterocycles. The Morgan fingerprint density at radius 1 is 1.41 bits per heavy atom. The molecule has 2 rings (SSSR count). The van der Waals surface area contributed by atoms with Crippen LogP contribution in [0, 0.1) is 0 Å². The van der Waals surface area contributed by atoms with Crippen LogP contribution in [0.3, 0.4) is 0 Å². The standard InChI is InChI=1S/C11H12O5S/c1-17(13,14)16-5-4-8-2-3-10-9(6-8)7-15-11(10)12/h2-3,6H,4-5,7H2,1H3.